The lowest BCUT2D eigenvalue weighted by Gasteiger charge is -2.07. The van der Waals surface area contributed by atoms with Crippen LogP contribution in [0.25, 0.3) is 0 Å². The molecule has 0 aliphatic rings. The van der Waals surface area contributed by atoms with E-state index in [1.54, 1.807) is 0 Å². The molecule has 2 aromatic rings. The van der Waals surface area contributed by atoms with Crippen molar-refractivity contribution >= 4 is 5.95 Å². The van der Waals surface area contributed by atoms with E-state index in [9.17, 15) is 0 Å². The van der Waals surface area contributed by atoms with E-state index in [1.165, 1.54) is 0 Å². The van der Waals surface area contributed by atoms with Gasteiger partial charge >= 0.3 is 0 Å². The minimum atomic E-state index is 0.621. The highest BCUT2D eigenvalue weighted by Crippen LogP contribution is 2.08. The molecule has 2 rings (SSSR count). The zero-order valence-electron chi connectivity index (χ0n) is 10.2. The summed E-state index contributed by atoms with van der Waals surface area (Å²) < 4.78 is 7.54. The predicted octanol–water partition coefficient (Wildman–Crippen LogP) is 2.22. The summed E-state index contributed by atoms with van der Waals surface area (Å²) in [5.74, 6) is 1.77. The van der Waals surface area contributed by atoms with Crippen molar-refractivity contribution in [3.63, 3.8) is 0 Å². The highest BCUT2D eigenvalue weighted by molar-refractivity contribution is 5.28. The molecule has 0 spiro atoms. The Kier molecular flexibility index (Phi) is 3.65. The smallest absolute Gasteiger partial charge is 0.202 e. The van der Waals surface area contributed by atoms with Gasteiger partial charge in [0, 0.05) is 13.2 Å². The zero-order valence-corrected chi connectivity index (χ0v) is 10.2. The van der Waals surface area contributed by atoms with Crippen molar-refractivity contribution in [1.82, 2.24) is 9.55 Å². The predicted molar refractivity (Wildman–Crippen MR) is 68.4 cm³/mol. The highest BCUT2D eigenvalue weighted by Gasteiger charge is 2.00. The Morgan fingerprint density at radius 3 is 2.71 bits per heavy atom. The summed E-state index contributed by atoms with van der Waals surface area (Å²) >= 11 is 0. The molecule has 90 valence electrons. The van der Waals surface area contributed by atoms with Gasteiger partial charge in [-0.25, -0.2) is 4.98 Å². The van der Waals surface area contributed by atoms with Gasteiger partial charge < -0.3 is 14.6 Å². The molecule has 0 amide bonds. The molecular formula is C13H17N3O. The van der Waals surface area contributed by atoms with Crippen LogP contribution in [0.5, 0.6) is 5.75 Å². The van der Waals surface area contributed by atoms with Crippen LogP contribution >= 0.6 is 0 Å². The van der Waals surface area contributed by atoms with Gasteiger partial charge in [0.2, 0.25) is 5.95 Å². The van der Waals surface area contributed by atoms with Crippen LogP contribution in [0, 0.1) is 6.92 Å². The molecule has 4 heteroatoms. The third-order valence-electron chi connectivity index (χ3n) is 2.39. The van der Waals surface area contributed by atoms with Gasteiger partial charge in [-0.15, -0.1) is 0 Å². The Morgan fingerprint density at radius 2 is 2.06 bits per heavy atom. The minimum absolute atomic E-state index is 0.621. The largest absolute Gasteiger partial charge is 0.492 e. The van der Waals surface area contributed by atoms with E-state index in [-0.39, 0.29) is 0 Å². The topological polar surface area (TPSA) is 39.1 Å². The number of hydrogen-bond acceptors (Lipinski definition) is 3. The molecule has 4 nitrogen and oxygen atoms in total. The summed E-state index contributed by atoms with van der Waals surface area (Å²) in [5, 5.41) is 3.23. The first-order valence-corrected chi connectivity index (χ1v) is 5.67. The average Bonchev–Trinajstić information content (AvgIpc) is 2.65. The van der Waals surface area contributed by atoms with Crippen LogP contribution in [-0.4, -0.2) is 22.7 Å². The number of nitrogens with one attached hydrogen (secondary N) is 1. The molecule has 0 saturated carbocycles. The Balaban J connectivity index is 1.75. The van der Waals surface area contributed by atoms with Gasteiger partial charge in [0.25, 0.3) is 0 Å². The Labute approximate surface area is 101 Å². The molecule has 0 atom stereocenters. The summed E-state index contributed by atoms with van der Waals surface area (Å²) in [6, 6.07) is 9.80. The molecule has 17 heavy (non-hydrogen) atoms. The lowest BCUT2D eigenvalue weighted by atomic mass is 10.3. The normalized spacial score (nSPS) is 10.2. The Morgan fingerprint density at radius 1 is 1.29 bits per heavy atom. The van der Waals surface area contributed by atoms with Crippen molar-refractivity contribution in [1.29, 1.82) is 0 Å². The van der Waals surface area contributed by atoms with Crippen molar-refractivity contribution in [3.8, 4) is 5.75 Å². The van der Waals surface area contributed by atoms with Gasteiger partial charge in [0.05, 0.1) is 12.2 Å². The fraction of sp³-hybridized carbons (Fsp3) is 0.308. The number of aromatic nitrogens is 2. The fourth-order valence-corrected chi connectivity index (χ4v) is 1.63. The van der Waals surface area contributed by atoms with Crippen molar-refractivity contribution in [2.75, 3.05) is 18.5 Å². The van der Waals surface area contributed by atoms with E-state index in [4.69, 9.17) is 4.74 Å². The van der Waals surface area contributed by atoms with Gasteiger partial charge in [-0.3, -0.25) is 0 Å². The van der Waals surface area contributed by atoms with Crippen molar-refractivity contribution in [3.05, 3.63) is 42.2 Å². The molecule has 1 heterocycles. The second-order valence-electron chi connectivity index (χ2n) is 3.91. The van der Waals surface area contributed by atoms with Crippen LogP contribution in [0.2, 0.25) is 0 Å². The van der Waals surface area contributed by atoms with Crippen LogP contribution in [0.3, 0.4) is 0 Å². The third-order valence-corrected chi connectivity index (χ3v) is 2.39. The first-order valence-electron chi connectivity index (χ1n) is 5.67. The maximum absolute atomic E-state index is 5.57. The second-order valence-corrected chi connectivity index (χ2v) is 3.91. The number of ether oxygens (including phenoxy) is 1. The quantitative estimate of drug-likeness (QED) is 0.802. The number of anilines is 1. The van der Waals surface area contributed by atoms with Crippen LogP contribution in [-0.2, 0) is 7.05 Å². The standard InChI is InChI=1S/C13H17N3O/c1-11-10-16(2)13(15-11)14-8-9-17-12-6-4-3-5-7-12/h3-7,10H,8-9H2,1-2H3,(H,14,15). The molecule has 0 unspecified atom stereocenters. The number of nitrogens with zero attached hydrogens (tertiary/aromatic N) is 2. The van der Waals surface area contributed by atoms with Crippen molar-refractivity contribution < 1.29 is 4.74 Å². The number of imidazole rings is 1. The molecule has 1 aromatic heterocycles. The molecule has 0 fully saturated rings. The lowest BCUT2D eigenvalue weighted by molar-refractivity contribution is 0.332. The molecule has 0 aliphatic heterocycles. The maximum atomic E-state index is 5.57. The van der Waals surface area contributed by atoms with Crippen molar-refractivity contribution in [2.45, 2.75) is 6.92 Å². The summed E-state index contributed by atoms with van der Waals surface area (Å²) in [7, 11) is 1.97. The molecular weight excluding hydrogens is 214 g/mol. The average molecular weight is 231 g/mol. The van der Waals surface area contributed by atoms with E-state index >= 15 is 0 Å². The summed E-state index contributed by atoms with van der Waals surface area (Å²) in [6.07, 6.45) is 1.99. The van der Waals surface area contributed by atoms with Gasteiger partial charge in [-0.2, -0.15) is 0 Å². The van der Waals surface area contributed by atoms with E-state index in [1.807, 2.05) is 55.1 Å². The van der Waals surface area contributed by atoms with E-state index in [2.05, 4.69) is 10.3 Å². The molecule has 0 saturated heterocycles. The first-order chi connectivity index (χ1) is 8.25. The van der Waals surface area contributed by atoms with Crippen LogP contribution < -0.4 is 10.1 Å². The molecule has 0 radical (unpaired) electrons. The monoisotopic (exact) mass is 231 g/mol. The zero-order chi connectivity index (χ0) is 12.1. The highest BCUT2D eigenvalue weighted by atomic mass is 16.5. The molecule has 1 aromatic carbocycles. The van der Waals surface area contributed by atoms with Gasteiger partial charge in [-0.05, 0) is 19.1 Å². The molecule has 0 bridgehead atoms. The summed E-state index contributed by atoms with van der Waals surface area (Å²) in [6.45, 7) is 3.33. The Hall–Kier alpha value is -1.97. The van der Waals surface area contributed by atoms with Crippen LogP contribution in [0.15, 0.2) is 36.5 Å². The van der Waals surface area contributed by atoms with Crippen LogP contribution in [0.4, 0.5) is 5.95 Å². The van der Waals surface area contributed by atoms with E-state index in [0.29, 0.717) is 6.61 Å². The van der Waals surface area contributed by atoms with E-state index < -0.39 is 0 Å². The fourth-order valence-electron chi connectivity index (χ4n) is 1.63. The number of benzene rings is 1. The number of rotatable bonds is 5. The van der Waals surface area contributed by atoms with Crippen LogP contribution in [0.1, 0.15) is 5.69 Å². The lowest BCUT2D eigenvalue weighted by Crippen LogP contribution is -2.13. The number of hydrogen-bond donors (Lipinski definition) is 1. The van der Waals surface area contributed by atoms with Gasteiger partial charge in [0.1, 0.15) is 12.4 Å². The SMILES string of the molecule is Cc1cn(C)c(NCCOc2ccccc2)n1. The maximum Gasteiger partial charge on any atom is 0.202 e. The molecule has 1 N–H and O–H groups in total. The minimum Gasteiger partial charge on any atom is -0.492 e. The number of para-hydroxylation sites is 1. The number of aryl methyl sites for hydroxylation is 2. The Bertz CT molecular complexity index is 465. The third kappa shape index (κ3) is 3.24. The molecule has 0 aliphatic carbocycles. The second kappa shape index (κ2) is 5.39. The van der Waals surface area contributed by atoms with Crippen molar-refractivity contribution in [2.24, 2.45) is 7.05 Å². The van der Waals surface area contributed by atoms with Gasteiger partial charge in [0.15, 0.2) is 0 Å². The first kappa shape index (κ1) is 11.5. The summed E-state index contributed by atoms with van der Waals surface area (Å²) in [4.78, 5) is 4.35. The van der Waals surface area contributed by atoms with E-state index in [0.717, 1.165) is 23.9 Å². The van der Waals surface area contributed by atoms with Gasteiger partial charge in [-0.1, -0.05) is 18.2 Å². The summed E-state index contributed by atoms with van der Waals surface area (Å²) in [5.41, 5.74) is 1.01.